The van der Waals surface area contributed by atoms with E-state index in [1.165, 1.54) is 27.5 Å². The standard InChI is InChI=1S/C48H37NO2/c1-4-15-33(16-5-1)34-20-12-22-37(28-27-34)49(41-24-13-21-35-17-8-9-23-38(35)41)42-25-14-26-43-46(42)39-31-44-40(32-48(51-44)29-10-3-11-30-48)45(47(39)50-43)36-18-6-2-7-19-36/h1-4,6-15,17-29,31,37H,5,16,30,32H2. The van der Waals surface area contributed by atoms with Crippen LogP contribution in [0.4, 0.5) is 11.4 Å². The monoisotopic (exact) mass is 659 g/mol. The first kappa shape index (κ1) is 29.8. The smallest absolute Gasteiger partial charge is 0.143 e. The third-order valence-electron chi connectivity index (χ3n) is 10.8. The SMILES string of the molecule is C1=CCCC(C2=CC=CC(N(c3cccc4ccccc34)c3cccc4oc5c(-c6ccccc6)c6c(cc5c34)OC3(C=CC=CC3)C6)C=C2)=C1. The Morgan fingerprint density at radius 3 is 2.47 bits per heavy atom. The lowest BCUT2D eigenvalue weighted by Crippen LogP contribution is -2.32. The Balaban J connectivity index is 1.21. The summed E-state index contributed by atoms with van der Waals surface area (Å²) < 4.78 is 13.9. The zero-order valence-corrected chi connectivity index (χ0v) is 28.3. The van der Waals surface area contributed by atoms with Gasteiger partial charge in [-0.25, -0.2) is 0 Å². The van der Waals surface area contributed by atoms with Crippen LogP contribution in [0.15, 0.2) is 186 Å². The predicted molar refractivity (Wildman–Crippen MR) is 212 cm³/mol. The Morgan fingerprint density at radius 2 is 1.59 bits per heavy atom. The largest absolute Gasteiger partial charge is 0.482 e. The highest BCUT2D eigenvalue weighted by Crippen LogP contribution is 2.51. The highest BCUT2D eigenvalue weighted by Gasteiger charge is 2.40. The summed E-state index contributed by atoms with van der Waals surface area (Å²) in [7, 11) is 0. The summed E-state index contributed by atoms with van der Waals surface area (Å²) in [6.07, 6.45) is 30.6. The van der Waals surface area contributed by atoms with Gasteiger partial charge in [0.1, 0.15) is 22.5 Å². The molecular weight excluding hydrogens is 623 g/mol. The molecule has 0 bridgehead atoms. The van der Waals surface area contributed by atoms with Gasteiger partial charge in [0, 0.05) is 40.4 Å². The van der Waals surface area contributed by atoms with Gasteiger partial charge >= 0.3 is 0 Å². The first-order valence-electron chi connectivity index (χ1n) is 18.0. The van der Waals surface area contributed by atoms with Crippen LogP contribution in [0.2, 0.25) is 0 Å². The number of rotatable bonds is 5. The molecule has 246 valence electrons. The maximum Gasteiger partial charge on any atom is 0.143 e. The van der Waals surface area contributed by atoms with Crippen molar-refractivity contribution in [3.05, 3.63) is 187 Å². The fourth-order valence-corrected chi connectivity index (χ4v) is 8.43. The van der Waals surface area contributed by atoms with Crippen molar-refractivity contribution in [2.75, 3.05) is 4.90 Å². The maximum absolute atomic E-state index is 6.99. The molecule has 2 heterocycles. The fraction of sp³-hybridized carbons (Fsp3) is 0.125. The highest BCUT2D eigenvalue weighted by molar-refractivity contribution is 6.17. The van der Waals surface area contributed by atoms with Crippen LogP contribution in [0, 0.1) is 0 Å². The first-order valence-corrected chi connectivity index (χ1v) is 18.0. The molecule has 10 rings (SSSR count). The van der Waals surface area contributed by atoms with Crippen LogP contribution < -0.4 is 9.64 Å². The molecule has 5 aromatic carbocycles. The number of anilines is 2. The van der Waals surface area contributed by atoms with E-state index in [1.807, 2.05) is 0 Å². The predicted octanol–water partition coefficient (Wildman–Crippen LogP) is 12.4. The molecule has 51 heavy (non-hydrogen) atoms. The van der Waals surface area contributed by atoms with Crippen LogP contribution in [0.3, 0.4) is 0 Å². The van der Waals surface area contributed by atoms with E-state index >= 15 is 0 Å². The van der Waals surface area contributed by atoms with E-state index in [-0.39, 0.29) is 11.6 Å². The third kappa shape index (κ3) is 5.03. The van der Waals surface area contributed by atoms with Crippen LogP contribution in [0.25, 0.3) is 43.8 Å². The molecule has 0 saturated heterocycles. The summed E-state index contributed by atoms with van der Waals surface area (Å²) >= 11 is 0. The second kappa shape index (κ2) is 12.1. The molecule has 6 aromatic rings. The zero-order valence-electron chi connectivity index (χ0n) is 28.3. The van der Waals surface area contributed by atoms with Crippen molar-refractivity contribution in [2.24, 2.45) is 0 Å². The fourth-order valence-electron chi connectivity index (χ4n) is 8.43. The van der Waals surface area contributed by atoms with Crippen LogP contribution in [-0.2, 0) is 6.42 Å². The molecule has 0 N–H and O–H groups in total. The summed E-state index contributed by atoms with van der Waals surface area (Å²) in [6.45, 7) is 0. The van der Waals surface area contributed by atoms with Gasteiger partial charge in [0.25, 0.3) is 0 Å². The number of fused-ring (bicyclic) bond motifs is 5. The van der Waals surface area contributed by atoms with Crippen molar-refractivity contribution in [2.45, 2.75) is 37.3 Å². The van der Waals surface area contributed by atoms with Crippen LogP contribution in [0.5, 0.6) is 5.75 Å². The molecule has 0 saturated carbocycles. The molecule has 1 aliphatic heterocycles. The third-order valence-corrected chi connectivity index (χ3v) is 10.8. The van der Waals surface area contributed by atoms with Gasteiger partial charge in [0.2, 0.25) is 0 Å². The number of hydrogen-bond donors (Lipinski definition) is 0. The molecule has 1 spiro atoms. The molecule has 1 aromatic heterocycles. The Kier molecular flexibility index (Phi) is 7.06. The van der Waals surface area contributed by atoms with E-state index in [1.54, 1.807) is 0 Å². The molecule has 0 amide bonds. The second-order valence-electron chi connectivity index (χ2n) is 13.9. The quantitative estimate of drug-likeness (QED) is 0.184. The summed E-state index contributed by atoms with van der Waals surface area (Å²) in [5, 5.41) is 4.57. The van der Waals surface area contributed by atoms with E-state index in [0.717, 1.165) is 75.9 Å². The van der Waals surface area contributed by atoms with Gasteiger partial charge < -0.3 is 14.1 Å². The highest BCUT2D eigenvalue weighted by atomic mass is 16.5. The van der Waals surface area contributed by atoms with E-state index in [4.69, 9.17) is 9.15 Å². The summed E-state index contributed by atoms with van der Waals surface area (Å²) in [4.78, 5) is 2.49. The minimum absolute atomic E-state index is 0.0541. The van der Waals surface area contributed by atoms with Gasteiger partial charge in [-0.3, -0.25) is 0 Å². The van der Waals surface area contributed by atoms with Gasteiger partial charge in [0.15, 0.2) is 0 Å². The molecule has 3 nitrogen and oxygen atoms in total. The number of ether oxygens (including phenoxy) is 1. The summed E-state index contributed by atoms with van der Waals surface area (Å²) in [6, 6.07) is 34.7. The lowest BCUT2D eigenvalue weighted by molar-refractivity contribution is 0.151. The van der Waals surface area contributed by atoms with Crippen molar-refractivity contribution in [3.8, 4) is 16.9 Å². The van der Waals surface area contributed by atoms with Gasteiger partial charge in [-0.05, 0) is 65.3 Å². The molecule has 3 aliphatic carbocycles. The van der Waals surface area contributed by atoms with Gasteiger partial charge in [0.05, 0.1) is 17.1 Å². The van der Waals surface area contributed by atoms with Gasteiger partial charge in [-0.2, -0.15) is 0 Å². The Bertz CT molecular complexity index is 2570. The zero-order chi connectivity index (χ0) is 33.8. The Morgan fingerprint density at radius 1 is 0.725 bits per heavy atom. The number of benzene rings is 5. The van der Waals surface area contributed by atoms with Crippen LogP contribution in [-0.4, -0.2) is 11.6 Å². The van der Waals surface area contributed by atoms with E-state index in [0.29, 0.717) is 0 Å². The molecule has 2 unspecified atom stereocenters. The van der Waals surface area contributed by atoms with E-state index in [9.17, 15) is 0 Å². The molecule has 3 heteroatoms. The molecular formula is C48H37NO2. The van der Waals surface area contributed by atoms with E-state index in [2.05, 4.69) is 175 Å². The summed E-state index contributed by atoms with van der Waals surface area (Å²) in [5.74, 6) is 0.938. The normalized spacial score (nSPS) is 20.5. The average molecular weight is 660 g/mol. The molecule has 0 fully saturated rings. The minimum atomic E-state index is -0.378. The van der Waals surface area contributed by atoms with Crippen molar-refractivity contribution in [1.82, 2.24) is 0 Å². The van der Waals surface area contributed by atoms with Gasteiger partial charge in [-0.15, -0.1) is 0 Å². The topological polar surface area (TPSA) is 25.6 Å². The van der Waals surface area contributed by atoms with Crippen molar-refractivity contribution in [3.63, 3.8) is 0 Å². The summed E-state index contributed by atoms with van der Waals surface area (Å²) in [5.41, 5.74) is 9.76. The lowest BCUT2D eigenvalue weighted by Gasteiger charge is -2.32. The lowest BCUT2D eigenvalue weighted by atomic mass is 9.87. The average Bonchev–Trinajstić information content (AvgIpc) is 3.62. The minimum Gasteiger partial charge on any atom is -0.482 e. The van der Waals surface area contributed by atoms with Crippen molar-refractivity contribution >= 4 is 44.1 Å². The number of allylic oxidation sites excluding steroid dienone is 10. The van der Waals surface area contributed by atoms with Crippen LogP contribution >= 0.6 is 0 Å². The number of furan rings is 1. The van der Waals surface area contributed by atoms with Gasteiger partial charge in [-0.1, -0.05) is 140 Å². The molecule has 2 atom stereocenters. The Labute approximate surface area is 298 Å². The molecule has 0 radical (unpaired) electrons. The first-order chi connectivity index (χ1) is 25.2. The second-order valence-corrected chi connectivity index (χ2v) is 13.9. The molecule has 4 aliphatic rings. The number of hydrogen-bond acceptors (Lipinski definition) is 3. The van der Waals surface area contributed by atoms with Crippen molar-refractivity contribution < 1.29 is 9.15 Å². The van der Waals surface area contributed by atoms with Crippen LogP contribution in [0.1, 0.15) is 24.8 Å². The maximum atomic E-state index is 6.99. The Hall–Kier alpha value is -6.06. The number of nitrogens with zero attached hydrogens (tertiary/aromatic N) is 1. The van der Waals surface area contributed by atoms with E-state index < -0.39 is 0 Å². The van der Waals surface area contributed by atoms with Crippen molar-refractivity contribution in [1.29, 1.82) is 0 Å².